The summed E-state index contributed by atoms with van der Waals surface area (Å²) in [6.45, 7) is 0. The minimum Gasteiger partial charge on any atom is -0.254 e. The normalized spacial score (nSPS) is 21.0. The molecule has 4 aliphatic carbocycles. The summed E-state index contributed by atoms with van der Waals surface area (Å²) in [5.74, 6) is 0.827. The smallest absolute Gasteiger partial charge is 0.0787 e. The summed E-state index contributed by atoms with van der Waals surface area (Å²) in [6, 6.07) is 22.2. The van der Waals surface area contributed by atoms with Gasteiger partial charge in [-0.25, -0.2) is 0 Å². The molecule has 0 bridgehead atoms. The molecule has 2 unspecified atom stereocenters. The van der Waals surface area contributed by atoms with Gasteiger partial charge in [0.2, 0.25) is 0 Å². The van der Waals surface area contributed by atoms with E-state index in [1.165, 1.54) is 71.1 Å². The lowest BCUT2D eigenvalue weighted by atomic mass is 9.63. The van der Waals surface area contributed by atoms with Crippen molar-refractivity contribution in [1.82, 2.24) is 4.98 Å². The Balaban J connectivity index is 1.40. The maximum atomic E-state index is 4.88. The molecule has 0 spiro atoms. The molecule has 1 nitrogen and oxygen atoms in total. The number of fused-ring (bicyclic) bond motifs is 8. The van der Waals surface area contributed by atoms with Crippen molar-refractivity contribution in [3.8, 4) is 0 Å². The van der Waals surface area contributed by atoms with Crippen LogP contribution < -0.4 is 0 Å². The predicted molar refractivity (Wildman–Crippen MR) is 168 cm³/mol. The molecule has 0 saturated heterocycles. The second-order valence-corrected chi connectivity index (χ2v) is 11.8. The number of benzene rings is 4. The van der Waals surface area contributed by atoms with Crippen LogP contribution in [0.3, 0.4) is 0 Å². The summed E-state index contributed by atoms with van der Waals surface area (Å²) >= 11 is 3.69. The fourth-order valence-electron chi connectivity index (χ4n) is 7.26. The van der Waals surface area contributed by atoms with Crippen molar-refractivity contribution < 1.29 is 0 Å². The van der Waals surface area contributed by atoms with Gasteiger partial charge in [0.25, 0.3) is 0 Å². The third-order valence-electron chi connectivity index (χ3n) is 8.88. The molecular formula is C37H22BrN. The van der Waals surface area contributed by atoms with Crippen LogP contribution in [-0.4, -0.2) is 4.98 Å². The van der Waals surface area contributed by atoms with Gasteiger partial charge in [0.15, 0.2) is 0 Å². The number of allylic oxidation sites excluding steroid dienone is 14. The Kier molecular flexibility index (Phi) is 4.37. The van der Waals surface area contributed by atoms with Gasteiger partial charge in [-0.1, -0.05) is 103 Å². The zero-order valence-electron chi connectivity index (χ0n) is 21.0. The average Bonchev–Trinajstić information content (AvgIpc) is 2.99. The van der Waals surface area contributed by atoms with Gasteiger partial charge in [-0.05, 0) is 88.4 Å². The number of aromatic nitrogens is 1. The summed E-state index contributed by atoms with van der Waals surface area (Å²) in [7, 11) is 0. The van der Waals surface area contributed by atoms with E-state index >= 15 is 0 Å². The first-order valence-corrected chi connectivity index (χ1v) is 14.3. The van der Waals surface area contributed by atoms with Gasteiger partial charge in [-0.2, -0.15) is 0 Å². The molecule has 4 aromatic carbocycles. The van der Waals surface area contributed by atoms with Crippen LogP contribution in [0, 0.1) is 11.8 Å². The van der Waals surface area contributed by atoms with Gasteiger partial charge in [-0.15, -0.1) is 0 Å². The molecule has 39 heavy (non-hydrogen) atoms. The van der Waals surface area contributed by atoms with Crippen molar-refractivity contribution in [2.75, 3.05) is 0 Å². The van der Waals surface area contributed by atoms with Gasteiger partial charge in [0.1, 0.15) is 0 Å². The van der Waals surface area contributed by atoms with Crippen molar-refractivity contribution in [2.45, 2.75) is 0 Å². The molecule has 0 amide bonds. The molecule has 9 rings (SSSR count). The molecule has 0 radical (unpaired) electrons. The Hall–Kier alpha value is -4.27. The van der Waals surface area contributed by atoms with Crippen molar-refractivity contribution >= 4 is 64.7 Å². The lowest BCUT2D eigenvalue weighted by Crippen LogP contribution is -2.28. The molecule has 2 atom stereocenters. The molecule has 4 aliphatic rings. The fraction of sp³-hybridized carbons (Fsp3) is 0.0541. The molecule has 0 saturated carbocycles. The highest BCUT2D eigenvalue weighted by atomic mass is 79.9. The maximum Gasteiger partial charge on any atom is 0.0787 e. The Morgan fingerprint density at radius 3 is 2.21 bits per heavy atom. The third kappa shape index (κ3) is 2.98. The van der Waals surface area contributed by atoms with E-state index in [1.807, 2.05) is 6.20 Å². The molecule has 5 aromatic rings. The molecule has 1 aromatic heterocycles. The van der Waals surface area contributed by atoms with Crippen LogP contribution in [0.5, 0.6) is 0 Å². The van der Waals surface area contributed by atoms with Crippen LogP contribution in [0.1, 0.15) is 5.56 Å². The van der Waals surface area contributed by atoms with Crippen molar-refractivity contribution in [3.05, 3.63) is 154 Å². The van der Waals surface area contributed by atoms with Gasteiger partial charge < -0.3 is 0 Å². The Bertz CT molecular complexity index is 2180. The first-order valence-electron chi connectivity index (χ1n) is 13.5. The Morgan fingerprint density at radius 1 is 0.590 bits per heavy atom. The molecule has 0 aliphatic heterocycles. The second-order valence-electron chi connectivity index (χ2n) is 10.9. The van der Waals surface area contributed by atoms with Crippen molar-refractivity contribution in [2.24, 2.45) is 11.8 Å². The van der Waals surface area contributed by atoms with E-state index in [2.05, 4.69) is 131 Å². The molecule has 0 fully saturated rings. The van der Waals surface area contributed by atoms with Gasteiger partial charge in [0, 0.05) is 33.3 Å². The van der Waals surface area contributed by atoms with Gasteiger partial charge in [-0.3, -0.25) is 4.98 Å². The van der Waals surface area contributed by atoms with E-state index in [1.54, 1.807) is 0 Å². The average molecular weight is 560 g/mol. The number of rotatable bonds is 1. The second kappa shape index (κ2) is 7.88. The maximum absolute atomic E-state index is 4.88. The SMILES string of the molecule is Brc1cnc2c3ccccc3c3cc(C4=CC5=CC=C6C=CC=C7C=CC(=C4)C5C76)c4ccccc4c3c2c1. The van der Waals surface area contributed by atoms with E-state index < -0.39 is 0 Å². The van der Waals surface area contributed by atoms with Crippen molar-refractivity contribution in [3.63, 3.8) is 0 Å². The molecule has 1 heterocycles. The third-order valence-corrected chi connectivity index (χ3v) is 9.31. The minimum atomic E-state index is 0.398. The highest BCUT2D eigenvalue weighted by Gasteiger charge is 2.37. The van der Waals surface area contributed by atoms with Gasteiger partial charge >= 0.3 is 0 Å². The Morgan fingerprint density at radius 2 is 1.31 bits per heavy atom. The summed E-state index contributed by atoms with van der Waals surface area (Å²) in [5, 5.41) is 8.70. The quantitative estimate of drug-likeness (QED) is 0.186. The summed E-state index contributed by atoms with van der Waals surface area (Å²) in [5.41, 5.74) is 9.26. The number of halogens is 1. The number of hydrogen-bond acceptors (Lipinski definition) is 1. The molecule has 2 heteroatoms. The molecular weight excluding hydrogens is 538 g/mol. The lowest BCUT2D eigenvalue weighted by molar-refractivity contribution is 0.565. The van der Waals surface area contributed by atoms with E-state index in [0.29, 0.717) is 11.8 Å². The number of pyridine rings is 1. The van der Waals surface area contributed by atoms with Crippen LogP contribution in [0.4, 0.5) is 0 Å². The van der Waals surface area contributed by atoms with E-state index in [-0.39, 0.29) is 0 Å². The number of hydrogen-bond donors (Lipinski definition) is 0. The van der Waals surface area contributed by atoms with Crippen LogP contribution >= 0.6 is 15.9 Å². The molecule has 182 valence electrons. The van der Waals surface area contributed by atoms with Crippen LogP contribution in [0.15, 0.2) is 148 Å². The summed E-state index contributed by atoms with van der Waals surface area (Å²) in [4.78, 5) is 4.88. The Labute approximate surface area is 234 Å². The predicted octanol–water partition coefficient (Wildman–Crippen LogP) is 9.95. The monoisotopic (exact) mass is 559 g/mol. The topological polar surface area (TPSA) is 12.9 Å². The van der Waals surface area contributed by atoms with Crippen LogP contribution in [-0.2, 0) is 0 Å². The largest absolute Gasteiger partial charge is 0.254 e. The first kappa shape index (κ1) is 21.6. The summed E-state index contributed by atoms with van der Waals surface area (Å²) < 4.78 is 0.997. The van der Waals surface area contributed by atoms with Crippen LogP contribution in [0.25, 0.3) is 48.8 Å². The highest BCUT2D eigenvalue weighted by Crippen LogP contribution is 2.51. The zero-order valence-corrected chi connectivity index (χ0v) is 22.6. The number of nitrogens with zero attached hydrogens (tertiary/aromatic N) is 1. The lowest BCUT2D eigenvalue weighted by Gasteiger charge is -2.40. The first-order chi connectivity index (χ1) is 19.2. The zero-order chi connectivity index (χ0) is 25.7. The highest BCUT2D eigenvalue weighted by molar-refractivity contribution is 9.10. The van der Waals surface area contributed by atoms with Crippen molar-refractivity contribution in [1.29, 1.82) is 0 Å². The molecule has 0 N–H and O–H groups in total. The van der Waals surface area contributed by atoms with Gasteiger partial charge in [0.05, 0.1) is 5.52 Å². The van der Waals surface area contributed by atoms with Crippen LogP contribution in [0.2, 0.25) is 0 Å². The summed E-state index contributed by atoms with van der Waals surface area (Å²) in [6.07, 6.45) is 22.8. The minimum absolute atomic E-state index is 0.398. The van der Waals surface area contributed by atoms with E-state index in [9.17, 15) is 0 Å². The van der Waals surface area contributed by atoms with E-state index in [0.717, 1.165) is 9.99 Å². The standard InChI is InChI=1S/C37H22BrN/c38-26-18-33-36-29-10-3-1-8-27(29)31(19-32(36)28-9-2-4-11-30(28)37(33)39-20-26)25-16-23-14-12-21-6-5-7-22-13-15-24(17-25)35(23)34(21)22/h1-20,34-35H. The fourth-order valence-corrected chi connectivity index (χ4v) is 7.59. The van der Waals surface area contributed by atoms with E-state index in [4.69, 9.17) is 4.98 Å².